The van der Waals surface area contributed by atoms with Gasteiger partial charge in [0.2, 0.25) is 5.91 Å². The SMILES string of the molecule is COc1cccc(-c2ccc(N3CCCN(C(=O)CN(C(=O)NC(C)C)C4CC4)CC3)nn2)c1. The highest BCUT2D eigenvalue weighted by Crippen LogP contribution is 2.27. The molecule has 2 heterocycles. The molecule has 9 heteroatoms. The van der Waals surface area contributed by atoms with E-state index in [1.807, 2.05) is 55.1 Å². The third-order valence-electron chi connectivity index (χ3n) is 6.15. The van der Waals surface area contributed by atoms with Gasteiger partial charge in [0.25, 0.3) is 0 Å². The molecule has 2 fully saturated rings. The molecule has 1 aromatic heterocycles. The lowest BCUT2D eigenvalue weighted by Gasteiger charge is -2.27. The number of hydrogen-bond acceptors (Lipinski definition) is 6. The Labute approximate surface area is 201 Å². The van der Waals surface area contributed by atoms with E-state index < -0.39 is 0 Å². The highest BCUT2D eigenvalue weighted by atomic mass is 16.5. The Morgan fingerprint density at radius 3 is 2.62 bits per heavy atom. The van der Waals surface area contributed by atoms with Crippen LogP contribution in [-0.2, 0) is 4.79 Å². The highest BCUT2D eigenvalue weighted by molar-refractivity contribution is 5.84. The topological polar surface area (TPSA) is 90.9 Å². The lowest BCUT2D eigenvalue weighted by Crippen LogP contribution is -2.49. The fourth-order valence-electron chi connectivity index (χ4n) is 4.15. The smallest absolute Gasteiger partial charge is 0.318 e. The number of carbonyl (C=O) groups is 2. The van der Waals surface area contributed by atoms with Crippen LogP contribution in [0.15, 0.2) is 36.4 Å². The first kappa shape index (κ1) is 23.8. The van der Waals surface area contributed by atoms with E-state index in [0.29, 0.717) is 19.6 Å². The molecule has 9 nitrogen and oxygen atoms in total. The van der Waals surface area contributed by atoms with Gasteiger partial charge in [-0.15, -0.1) is 10.2 Å². The van der Waals surface area contributed by atoms with Crippen LogP contribution >= 0.6 is 0 Å². The number of nitrogens with zero attached hydrogens (tertiary/aromatic N) is 5. The van der Waals surface area contributed by atoms with Gasteiger partial charge in [-0.1, -0.05) is 12.1 Å². The van der Waals surface area contributed by atoms with Crippen molar-refractivity contribution in [3.63, 3.8) is 0 Å². The van der Waals surface area contributed by atoms with Gasteiger partial charge in [-0.25, -0.2) is 4.79 Å². The number of amides is 3. The van der Waals surface area contributed by atoms with E-state index in [1.165, 1.54) is 0 Å². The summed E-state index contributed by atoms with van der Waals surface area (Å²) in [6.07, 6.45) is 2.78. The first-order valence-electron chi connectivity index (χ1n) is 12.0. The normalized spacial score (nSPS) is 16.2. The van der Waals surface area contributed by atoms with Crippen LogP contribution in [0.1, 0.15) is 33.1 Å². The number of rotatable bonds is 7. The Balaban J connectivity index is 1.35. The molecule has 1 aromatic carbocycles. The molecule has 1 aliphatic carbocycles. The minimum Gasteiger partial charge on any atom is -0.497 e. The molecule has 0 atom stereocenters. The predicted octanol–water partition coefficient (Wildman–Crippen LogP) is 2.77. The van der Waals surface area contributed by atoms with Crippen molar-refractivity contribution in [3.8, 4) is 17.0 Å². The van der Waals surface area contributed by atoms with E-state index in [1.54, 1.807) is 12.0 Å². The minimum absolute atomic E-state index is 0.00659. The molecular weight excluding hydrogens is 432 g/mol. The lowest BCUT2D eigenvalue weighted by atomic mass is 10.1. The van der Waals surface area contributed by atoms with Crippen molar-refractivity contribution >= 4 is 17.8 Å². The summed E-state index contributed by atoms with van der Waals surface area (Å²) in [5.41, 5.74) is 1.74. The molecule has 1 N–H and O–H groups in total. The van der Waals surface area contributed by atoms with Crippen LogP contribution in [-0.4, -0.2) is 83.9 Å². The molecule has 0 radical (unpaired) electrons. The summed E-state index contributed by atoms with van der Waals surface area (Å²) < 4.78 is 5.29. The number of nitrogens with one attached hydrogen (secondary N) is 1. The van der Waals surface area contributed by atoms with Crippen LogP contribution in [0.25, 0.3) is 11.3 Å². The summed E-state index contributed by atoms with van der Waals surface area (Å²) in [4.78, 5) is 31.3. The zero-order valence-electron chi connectivity index (χ0n) is 20.2. The molecule has 1 saturated carbocycles. The highest BCUT2D eigenvalue weighted by Gasteiger charge is 2.35. The standard InChI is InChI=1S/C25H34N6O3/c1-18(2)26-25(33)31(20-8-9-20)17-24(32)30-13-5-12-29(14-15-30)23-11-10-22(27-28-23)19-6-4-7-21(16-19)34-3/h4,6-7,10-11,16,18,20H,5,8-9,12-15,17H2,1-3H3,(H,26,33). The van der Waals surface area contributed by atoms with E-state index in [-0.39, 0.29) is 30.6 Å². The van der Waals surface area contributed by atoms with Crippen LogP contribution in [0.5, 0.6) is 5.75 Å². The van der Waals surface area contributed by atoms with Gasteiger partial charge in [0.15, 0.2) is 5.82 Å². The molecule has 4 rings (SSSR count). The van der Waals surface area contributed by atoms with Gasteiger partial charge in [0.05, 0.1) is 12.8 Å². The Kier molecular flexibility index (Phi) is 7.49. The van der Waals surface area contributed by atoms with E-state index >= 15 is 0 Å². The van der Waals surface area contributed by atoms with E-state index in [4.69, 9.17) is 4.74 Å². The Hall–Kier alpha value is -3.36. The maximum Gasteiger partial charge on any atom is 0.318 e. The monoisotopic (exact) mass is 466 g/mol. The van der Waals surface area contributed by atoms with Crippen molar-refractivity contribution < 1.29 is 14.3 Å². The van der Waals surface area contributed by atoms with E-state index in [9.17, 15) is 9.59 Å². The fourth-order valence-corrected chi connectivity index (χ4v) is 4.15. The number of urea groups is 1. The maximum atomic E-state index is 13.0. The Morgan fingerprint density at radius 2 is 1.94 bits per heavy atom. The number of benzene rings is 1. The number of anilines is 1. The summed E-state index contributed by atoms with van der Waals surface area (Å²) in [7, 11) is 1.64. The van der Waals surface area contributed by atoms with Crippen LogP contribution in [0, 0.1) is 0 Å². The average Bonchev–Trinajstić information content (AvgIpc) is 3.69. The zero-order chi connectivity index (χ0) is 24.1. The van der Waals surface area contributed by atoms with E-state index in [0.717, 1.165) is 48.6 Å². The second kappa shape index (κ2) is 10.7. The van der Waals surface area contributed by atoms with Gasteiger partial charge in [-0.05, 0) is 57.4 Å². The number of ether oxygens (including phenoxy) is 1. The van der Waals surface area contributed by atoms with Crippen LogP contribution in [0.2, 0.25) is 0 Å². The van der Waals surface area contributed by atoms with Crippen molar-refractivity contribution in [3.05, 3.63) is 36.4 Å². The van der Waals surface area contributed by atoms with Crippen molar-refractivity contribution in [1.82, 2.24) is 25.3 Å². The Morgan fingerprint density at radius 1 is 1.12 bits per heavy atom. The van der Waals surface area contributed by atoms with Gasteiger partial charge >= 0.3 is 6.03 Å². The number of hydrogen-bond donors (Lipinski definition) is 1. The molecule has 1 saturated heterocycles. The second-order valence-corrected chi connectivity index (χ2v) is 9.19. The molecule has 182 valence electrons. The van der Waals surface area contributed by atoms with Gasteiger partial charge < -0.3 is 24.8 Å². The largest absolute Gasteiger partial charge is 0.497 e. The fraction of sp³-hybridized carbons (Fsp3) is 0.520. The van der Waals surface area contributed by atoms with Gasteiger partial charge in [0.1, 0.15) is 12.3 Å². The first-order chi connectivity index (χ1) is 16.4. The van der Waals surface area contributed by atoms with Crippen molar-refractivity contribution in [2.45, 2.75) is 45.2 Å². The summed E-state index contributed by atoms with van der Waals surface area (Å²) in [6.45, 7) is 6.76. The first-order valence-corrected chi connectivity index (χ1v) is 12.0. The van der Waals surface area contributed by atoms with Gasteiger partial charge in [-0.2, -0.15) is 0 Å². The second-order valence-electron chi connectivity index (χ2n) is 9.19. The van der Waals surface area contributed by atoms with Crippen molar-refractivity contribution in [2.75, 3.05) is 44.7 Å². The minimum atomic E-state index is -0.145. The maximum absolute atomic E-state index is 13.0. The molecule has 0 spiro atoms. The van der Waals surface area contributed by atoms with Crippen LogP contribution in [0.4, 0.5) is 10.6 Å². The van der Waals surface area contributed by atoms with Crippen molar-refractivity contribution in [2.24, 2.45) is 0 Å². The van der Waals surface area contributed by atoms with E-state index in [2.05, 4.69) is 20.4 Å². The Bertz CT molecular complexity index is 992. The van der Waals surface area contributed by atoms with Crippen molar-refractivity contribution in [1.29, 1.82) is 0 Å². The summed E-state index contributed by atoms with van der Waals surface area (Å²) in [6, 6.07) is 11.8. The average molecular weight is 467 g/mol. The molecule has 2 aliphatic rings. The number of aromatic nitrogens is 2. The van der Waals surface area contributed by atoms with Crippen LogP contribution < -0.4 is 15.0 Å². The third kappa shape index (κ3) is 5.95. The molecular formula is C25H34N6O3. The number of methoxy groups -OCH3 is 1. The molecule has 1 aliphatic heterocycles. The molecule has 2 aromatic rings. The molecule has 3 amide bonds. The lowest BCUT2D eigenvalue weighted by molar-refractivity contribution is -0.131. The summed E-state index contributed by atoms with van der Waals surface area (Å²) >= 11 is 0. The predicted molar refractivity (Wildman–Crippen MR) is 131 cm³/mol. The zero-order valence-corrected chi connectivity index (χ0v) is 20.2. The van der Waals surface area contributed by atoms with Gasteiger partial charge in [-0.3, -0.25) is 4.79 Å². The van der Waals surface area contributed by atoms with Crippen LogP contribution in [0.3, 0.4) is 0 Å². The summed E-state index contributed by atoms with van der Waals surface area (Å²) in [5.74, 6) is 1.59. The number of carbonyl (C=O) groups excluding carboxylic acids is 2. The molecule has 0 unspecified atom stereocenters. The third-order valence-corrected chi connectivity index (χ3v) is 6.15. The molecule has 34 heavy (non-hydrogen) atoms. The molecule has 0 bridgehead atoms. The quantitative estimate of drug-likeness (QED) is 0.675. The van der Waals surface area contributed by atoms with Gasteiger partial charge in [0, 0.05) is 43.8 Å². The summed E-state index contributed by atoms with van der Waals surface area (Å²) in [5, 5.41) is 11.8.